The molecule has 4 N–H and O–H groups in total. The van der Waals surface area contributed by atoms with Gasteiger partial charge in [0.15, 0.2) is 0 Å². The van der Waals surface area contributed by atoms with E-state index in [1.807, 2.05) is 0 Å². The molecule has 7 nitrogen and oxygen atoms in total. The standard InChI is InChI=1S/C44H85NO6S/c1-3-5-7-9-11-13-15-17-19-20-21-22-23-25-27-29-31-33-35-37-39-43(47)44(48)45-41(40-52(49,50)51)42(46)38-36-34-32-30-28-26-24-18-16-14-12-10-8-6-4-2/h5,7,11,13,41-43,46-47H,3-4,6,8-10,12,14-40H2,1-2H3,(H,45,48)(H,49,50,51)/b7-5-,13-11-. The van der Waals surface area contributed by atoms with Gasteiger partial charge in [0.1, 0.15) is 6.10 Å². The van der Waals surface area contributed by atoms with Gasteiger partial charge in [0.2, 0.25) is 5.91 Å². The molecule has 0 rings (SSSR count). The van der Waals surface area contributed by atoms with Crippen molar-refractivity contribution in [3.63, 3.8) is 0 Å². The van der Waals surface area contributed by atoms with Gasteiger partial charge in [-0.25, -0.2) is 0 Å². The largest absolute Gasteiger partial charge is 0.391 e. The number of aliphatic hydroxyl groups is 2. The van der Waals surface area contributed by atoms with Crippen molar-refractivity contribution in [3.8, 4) is 0 Å². The second-order valence-corrected chi connectivity index (χ2v) is 16.9. The van der Waals surface area contributed by atoms with Gasteiger partial charge in [-0.1, -0.05) is 212 Å². The highest BCUT2D eigenvalue weighted by molar-refractivity contribution is 7.85. The Balaban J connectivity index is 3.90. The summed E-state index contributed by atoms with van der Waals surface area (Å²) in [5.41, 5.74) is 0. The van der Waals surface area contributed by atoms with Gasteiger partial charge in [0.25, 0.3) is 10.1 Å². The SMILES string of the molecule is CC/C=C\C/C=C\CCCCCCCCCCCCCCCC(O)C(=O)NC(CS(=O)(=O)O)C(O)CCCCCCCCCCCCCCCCC. The minimum Gasteiger partial charge on any atom is -0.391 e. The maximum absolute atomic E-state index is 12.6. The van der Waals surface area contributed by atoms with Crippen molar-refractivity contribution in [2.24, 2.45) is 0 Å². The average Bonchev–Trinajstić information content (AvgIpc) is 3.11. The van der Waals surface area contributed by atoms with Gasteiger partial charge in [0, 0.05) is 0 Å². The average molecular weight is 756 g/mol. The van der Waals surface area contributed by atoms with Crippen molar-refractivity contribution in [3.05, 3.63) is 24.3 Å². The summed E-state index contributed by atoms with van der Waals surface area (Å²) in [7, 11) is -4.41. The number of nitrogens with one attached hydrogen (secondary N) is 1. The third-order valence-corrected chi connectivity index (χ3v) is 11.1. The monoisotopic (exact) mass is 756 g/mol. The fourth-order valence-corrected chi connectivity index (χ4v) is 7.67. The van der Waals surface area contributed by atoms with Crippen LogP contribution in [0.5, 0.6) is 0 Å². The summed E-state index contributed by atoms with van der Waals surface area (Å²) in [5.74, 6) is -1.45. The number of carbonyl (C=O) groups excluding carboxylic acids is 1. The van der Waals surface area contributed by atoms with Crippen molar-refractivity contribution < 1.29 is 28.0 Å². The first kappa shape index (κ1) is 50.8. The number of aliphatic hydroxyl groups excluding tert-OH is 2. The van der Waals surface area contributed by atoms with Crippen LogP contribution in [-0.4, -0.2) is 53.1 Å². The number of hydrogen-bond donors (Lipinski definition) is 4. The van der Waals surface area contributed by atoms with Crippen molar-refractivity contribution in [2.75, 3.05) is 5.75 Å². The van der Waals surface area contributed by atoms with Gasteiger partial charge in [-0.2, -0.15) is 8.42 Å². The van der Waals surface area contributed by atoms with Crippen LogP contribution in [0.15, 0.2) is 24.3 Å². The van der Waals surface area contributed by atoms with Gasteiger partial charge < -0.3 is 15.5 Å². The molecule has 0 aromatic rings. The van der Waals surface area contributed by atoms with E-state index in [0.717, 1.165) is 57.8 Å². The Morgan fingerprint density at radius 1 is 0.538 bits per heavy atom. The summed E-state index contributed by atoms with van der Waals surface area (Å²) in [4.78, 5) is 12.6. The van der Waals surface area contributed by atoms with Crippen LogP contribution in [0.25, 0.3) is 0 Å². The molecular formula is C44H85NO6S. The molecule has 0 spiro atoms. The Morgan fingerprint density at radius 2 is 0.923 bits per heavy atom. The Bertz CT molecular complexity index is 937. The molecule has 308 valence electrons. The first-order valence-electron chi connectivity index (χ1n) is 22.1. The molecule has 0 aliphatic heterocycles. The van der Waals surface area contributed by atoms with Crippen molar-refractivity contribution in [1.29, 1.82) is 0 Å². The molecule has 0 heterocycles. The number of allylic oxidation sites excluding steroid dienone is 4. The minimum atomic E-state index is -4.41. The highest BCUT2D eigenvalue weighted by Gasteiger charge is 2.28. The molecule has 0 radical (unpaired) electrons. The Labute approximate surface area is 322 Å². The summed E-state index contributed by atoms with van der Waals surface area (Å²) < 4.78 is 32.6. The summed E-state index contributed by atoms with van der Waals surface area (Å²) in [5, 5.41) is 23.6. The van der Waals surface area contributed by atoms with Crippen LogP contribution in [0.3, 0.4) is 0 Å². The molecule has 3 unspecified atom stereocenters. The molecule has 0 saturated heterocycles. The second-order valence-electron chi connectivity index (χ2n) is 15.4. The van der Waals surface area contributed by atoms with E-state index in [2.05, 4.69) is 43.5 Å². The lowest BCUT2D eigenvalue weighted by Gasteiger charge is -2.24. The van der Waals surface area contributed by atoms with E-state index in [0.29, 0.717) is 19.3 Å². The molecule has 0 saturated carbocycles. The molecular weight excluding hydrogens is 671 g/mol. The van der Waals surface area contributed by atoms with E-state index >= 15 is 0 Å². The molecule has 1 amide bonds. The van der Waals surface area contributed by atoms with Crippen LogP contribution >= 0.6 is 0 Å². The Hall–Kier alpha value is -1.22. The molecule has 0 aromatic heterocycles. The number of hydrogen-bond acceptors (Lipinski definition) is 5. The van der Waals surface area contributed by atoms with E-state index in [9.17, 15) is 28.0 Å². The van der Waals surface area contributed by atoms with Gasteiger partial charge in [-0.15, -0.1) is 0 Å². The van der Waals surface area contributed by atoms with E-state index in [1.165, 1.54) is 135 Å². The fourth-order valence-electron chi connectivity index (χ4n) is 6.91. The maximum Gasteiger partial charge on any atom is 0.266 e. The molecule has 52 heavy (non-hydrogen) atoms. The molecule has 0 aromatic carbocycles. The highest BCUT2D eigenvalue weighted by Crippen LogP contribution is 2.17. The fraction of sp³-hybridized carbons (Fsp3) is 0.886. The van der Waals surface area contributed by atoms with Gasteiger partial charge in [0.05, 0.1) is 17.9 Å². The first-order valence-corrected chi connectivity index (χ1v) is 23.7. The normalized spacial score (nSPS) is 14.0. The maximum atomic E-state index is 12.6. The van der Waals surface area contributed by atoms with Gasteiger partial charge >= 0.3 is 0 Å². The van der Waals surface area contributed by atoms with Crippen LogP contribution < -0.4 is 5.32 Å². The van der Waals surface area contributed by atoms with Gasteiger partial charge in [-0.3, -0.25) is 9.35 Å². The molecule has 0 aliphatic rings. The molecule has 0 fully saturated rings. The smallest absolute Gasteiger partial charge is 0.266 e. The van der Waals surface area contributed by atoms with Gasteiger partial charge in [-0.05, 0) is 38.5 Å². The lowest BCUT2D eigenvalue weighted by Crippen LogP contribution is -2.50. The molecule has 0 aliphatic carbocycles. The van der Waals surface area contributed by atoms with Crippen LogP contribution in [0.1, 0.15) is 226 Å². The third kappa shape index (κ3) is 37.1. The van der Waals surface area contributed by atoms with E-state index in [4.69, 9.17) is 0 Å². The first-order chi connectivity index (χ1) is 25.2. The van der Waals surface area contributed by atoms with Crippen LogP contribution in [0.4, 0.5) is 0 Å². The topological polar surface area (TPSA) is 124 Å². The number of unbranched alkanes of at least 4 members (excludes halogenated alkanes) is 27. The predicted molar refractivity (Wildman–Crippen MR) is 222 cm³/mol. The summed E-state index contributed by atoms with van der Waals surface area (Å²) in [6.07, 6.45) is 44.8. The van der Waals surface area contributed by atoms with E-state index in [-0.39, 0.29) is 0 Å². The van der Waals surface area contributed by atoms with Crippen LogP contribution in [0.2, 0.25) is 0 Å². The zero-order valence-electron chi connectivity index (χ0n) is 34.1. The predicted octanol–water partition coefficient (Wildman–Crippen LogP) is 12.1. The third-order valence-electron chi connectivity index (χ3n) is 10.3. The summed E-state index contributed by atoms with van der Waals surface area (Å²) in [6, 6.07) is -1.14. The molecule has 0 bridgehead atoms. The van der Waals surface area contributed by atoms with Crippen molar-refractivity contribution >= 4 is 16.0 Å². The van der Waals surface area contributed by atoms with E-state index < -0.39 is 40.0 Å². The lowest BCUT2D eigenvalue weighted by atomic mass is 10.0. The quantitative estimate of drug-likeness (QED) is 0.0280. The summed E-state index contributed by atoms with van der Waals surface area (Å²) >= 11 is 0. The molecule has 8 heteroatoms. The molecule has 3 atom stereocenters. The zero-order chi connectivity index (χ0) is 38.4. The lowest BCUT2D eigenvalue weighted by molar-refractivity contribution is -0.131. The van der Waals surface area contributed by atoms with E-state index in [1.54, 1.807) is 0 Å². The minimum absolute atomic E-state index is 0.298. The number of amides is 1. The van der Waals surface area contributed by atoms with Crippen LogP contribution in [0, 0.1) is 0 Å². The summed E-state index contributed by atoms with van der Waals surface area (Å²) in [6.45, 7) is 4.42. The second kappa shape index (κ2) is 38.1. The van der Waals surface area contributed by atoms with Crippen LogP contribution in [-0.2, 0) is 14.9 Å². The number of rotatable bonds is 40. The Morgan fingerprint density at radius 3 is 1.35 bits per heavy atom. The van der Waals surface area contributed by atoms with Crippen molar-refractivity contribution in [2.45, 2.75) is 244 Å². The highest BCUT2D eigenvalue weighted by atomic mass is 32.2. The Kier molecular flexibility index (Phi) is 37.2. The number of carbonyl (C=O) groups is 1. The zero-order valence-corrected chi connectivity index (χ0v) is 34.9. The van der Waals surface area contributed by atoms with Crippen molar-refractivity contribution in [1.82, 2.24) is 5.32 Å².